The molecule has 7 nitrogen and oxygen atoms in total. The van der Waals surface area contributed by atoms with E-state index in [2.05, 4.69) is 20.8 Å². The van der Waals surface area contributed by atoms with Crippen LogP contribution in [0.4, 0.5) is 0 Å². The number of fused-ring (bicyclic) bond motifs is 1. The largest absolute Gasteiger partial charge is 0.486 e. The highest BCUT2D eigenvalue weighted by atomic mass is 32.2. The number of rotatable bonds is 4. The molecule has 8 heteroatoms. The average molecular weight is 474 g/mol. The first-order chi connectivity index (χ1) is 15.6. The van der Waals surface area contributed by atoms with E-state index >= 15 is 0 Å². The van der Waals surface area contributed by atoms with Gasteiger partial charge in [-0.1, -0.05) is 32.9 Å². The minimum Gasteiger partial charge on any atom is -0.486 e. The van der Waals surface area contributed by atoms with Crippen molar-refractivity contribution >= 4 is 16.0 Å². The zero-order chi connectivity index (χ0) is 23.8. The summed E-state index contributed by atoms with van der Waals surface area (Å²) in [6, 6.07) is 10.5. The molecule has 2 heterocycles. The van der Waals surface area contributed by atoms with Gasteiger partial charge < -0.3 is 14.2 Å². The molecule has 1 saturated heterocycles. The number of esters is 1. The van der Waals surface area contributed by atoms with Crippen molar-refractivity contribution in [3.63, 3.8) is 0 Å². The molecule has 2 aromatic carbocycles. The Labute approximate surface area is 195 Å². The normalized spacial score (nSPS) is 17.6. The number of ether oxygens (including phenoxy) is 3. The van der Waals surface area contributed by atoms with Crippen LogP contribution in [-0.2, 0) is 20.2 Å². The first-order valence-corrected chi connectivity index (χ1v) is 12.7. The SMILES string of the molecule is Cc1cc(C(C)(C)C)ccc1OC(=O)C1CCN(S(=O)(=O)c2ccc3c(c2)OCCO3)CC1. The predicted molar refractivity (Wildman–Crippen MR) is 124 cm³/mol. The Bertz CT molecular complexity index is 1140. The molecule has 0 radical (unpaired) electrons. The molecule has 2 aliphatic rings. The summed E-state index contributed by atoms with van der Waals surface area (Å²) in [4.78, 5) is 12.9. The summed E-state index contributed by atoms with van der Waals surface area (Å²) in [5.41, 5.74) is 2.11. The number of carbonyl (C=O) groups is 1. The summed E-state index contributed by atoms with van der Waals surface area (Å²) < 4.78 is 44.3. The molecule has 0 aliphatic carbocycles. The maximum absolute atomic E-state index is 13.1. The maximum atomic E-state index is 13.1. The lowest BCUT2D eigenvalue weighted by molar-refractivity contribution is -0.140. The highest BCUT2D eigenvalue weighted by Gasteiger charge is 2.34. The Hall–Kier alpha value is -2.58. The van der Waals surface area contributed by atoms with E-state index in [4.69, 9.17) is 14.2 Å². The zero-order valence-corrected chi connectivity index (χ0v) is 20.4. The van der Waals surface area contributed by atoms with E-state index in [1.165, 1.54) is 22.0 Å². The van der Waals surface area contributed by atoms with Crippen LogP contribution >= 0.6 is 0 Å². The third-order valence-corrected chi connectivity index (χ3v) is 8.08. The van der Waals surface area contributed by atoms with E-state index in [1.54, 1.807) is 6.07 Å². The van der Waals surface area contributed by atoms with E-state index in [0.717, 1.165) is 5.56 Å². The Balaban J connectivity index is 1.39. The van der Waals surface area contributed by atoms with Crippen molar-refractivity contribution in [1.82, 2.24) is 4.31 Å². The second-order valence-corrected chi connectivity index (χ2v) is 11.6. The van der Waals surface area contributed by atoms with Crippen molar-refractivity contribution in [2.24, 2.45) is 5.92 Å². The number of hydrogen-bond donors (Lipinski definition) is 0. The second-order valence-electron chi connectivity index (χ2n) is 9.64. The van der Waals surface area contributed by atoms with Crippen LogP contribution in [0.2, 0.25) is 0 Å². The zero-order valence-electron chi connectivity index (χ0n) is 19.6. The summed E-state index contributed by atoms with van der Waals surface area (Å²) in [6.07, 6.45) is 0.837. The van der Waals surface area contributed by atoms with Crippen molar-refractivity contribution < 1.29 is 27.4 Å². The summed E-state index contributed by atoms with van der Waals surface area (Å²) in [6.45, 7) is 9.71. The molecule has 33 heavy (non-hydrogen) atoms. The molecule has 4 rings (SSSR count). The first kappa shape index (κ1) is 23.6. The first-order valence-electron chi connectivity index (χ1n) is 11.3. The number of hydrogen-bond acceptors (Lipinski definition) is 6. The van der Waals surface area contributed by atoms with Gasteiger partial charge in [0.2, 0.25) is 10.0 Å². The van der Waals surface area contributed by atoms with E-state index in [0.29, 0.717) is 43.3 Å². The molecule has 0 aromatic heterocycles. The van der Waals surface area contributed by atoms with Crippen LogP contribution in [0.3, 0.4) is 0 Å². The van der Waals surface area contributed by atoms with Crippen molar-refractivity contribution in [1.29, 1.82) is 0 Å². The maximum Gasteiger partial charge on any atom is 0.314 e. The van der Waals surface area contributed by atoms with Crippen LogP contribution in [0.5, 0.6) is 17.2 Å². The number of benzene rings is 2. The van der Waals surface area contributed by atoms with Crippen LogP contribution in [-0.4, -0.2) is 45.0 Å². The molecule has 0 bridgehead atoms. The third kappa shape index (κ3) is 5.01. The van der Waals surface area contributed by atoms with Gasteiger partial charge in [0.15, 0.2) is 11.5 Å². The number of aryl methyl sites for hydroxylation is 1. The van der Waals surface area contributed by atoms with Gasteiger partial charge in [-0.05, 0) is 54.5 Å². The highest BCUT2D eigenvalue weighted by molar-refractivity contribution is 7.89. The molecule has 0 unspecified atom stereocenters. The summed E-state index contributed by atoms with van der Waals surface area (Å²) in [5.74, 6) is 0.900. The molecule has 1 fully saturated rings. The molecular formula is C25H31NO6S. The topological polar surface area (TPSA) is 82.1 Å². The molecule has 2 aliphatic heterocycles. The van der Waals surface area contributed by atoms with Crippen molar-refractivity contribution in [3.8, 4) is 17.2 Å². The van der Waals surface area contributed by atoms with E-state index in [9.17, 15) is 13.2 Å². The summed E-state index contributed by atoms with van der Waals surface area (Å²) in [7, 11) is -3.68. The Kier molecular flexibility index (Phi) is 6.42. The monoisotopic (exact) mass is 473 g/mol. The van der Waals surface area contributed by atoms with Crippen LogP contribution in [0.15, 0.2) is 41.3 Å². The Morgan fingerprint density at radius 2 is 1.67 bits per heavy atom. The fraction of sp³-hybridized carbons (Fsp3) is 0.480. The third-order valence-electron chi connectivity index (χ3n) is 6.19. The minimum atomic E-state index is -3.68. The van der Waals surface area contributed by atoms with Gasteiger partial charge in [-0.15, -0.1) is 0 Å². The quantitative estimate of drug-likeness (QED) is 0.492. The van der Waals surface area contributed by atoms with E-state index < -0.39 is 10.0 Å². The fourth-order valence-corrected chi connectivity index (χ4v) is 5.57. The summed E-state index contributed by atoms with van der Waals surface area (Å²) in [5, 5.41) is 0. The molecule has 0 atom stereocenters. The van der Waals surface area contributed by atoms with Gasteiger partial charge in [0.05, 0.1) is 10.8 Å². The van der Waals surface area contributed by atoms with Crippen LogP contribution in [0.25, 0.3) is 0 Å². The number of carbonyl (C=O) groups excluding carboxylic acids is 1. The van der Waals surface area contributed by atoms with Gasteiger partial charge in [0.25, 0.3) is 0 Å². The summed E-state index contributed by atoms with van der Waals surface area (Å²) >= 11 is 0. The Morgan fingerprint density at radius 3 is 2.30 bits per heavy atom. The van der Waals surface area contributed by atoms with Crippen molar-refractivity contribution in [2.75, 3.05) is 26.3 Å². The smallest absolute Gasteiger partial charge is 0.314 e. The van der Waals surface area contributed by atoms with Crippen LogP contribution in [0, 0.1) is 12.8 Å². The van der Waals surface area contributed by atoms with Gasteiger partial charge in [-0.3, -0.25) is 4.79 Å². The highest BCUT2D eigenvalue weighted by Crippen LogP contribution is 2.34. The van der Waals surface area contributed by atoms with Gasteiger partial charge in [-0.25, -0.2) is 8.42 Å². The number of nitrogens with zero attached hydrogens (tertiary/aromatic N) is 1. The van der Waals surface area contributed by atoms with Crippen molar-refractivity contribution in [3.05, 3.63) is 47.5 Å². The lowest BCUT2D eigenvalue weighted by Gasteiger charge is -2.30. The number of sulfonamides is 1. The van der Waals surface area contributed by atoms with Gasteiger partial charge in [-0.2, -0.15) is 4.31 Å². The lowest BCUT2D eigenvalue weighted by atomic mass is 9.86. The molecule has 0 N–H and O–H groups in total. The molecule has 0 amide bonds. The van der Waals surface area contributed by atoms with Gasteiger partial charge >= 0.3 is 5.97 Å². The minimum absolute atomic E-state index is 0.0167. The van der Waals surface area contributed by atoms with Crippen LogP contribution in [0.1, 0.15) is 44.7 Å². The Morgan fingerprint density at radius 1 is 1.00 bits per heavy atom. The molecular weight excluding hydrogens is 442 g/mol. The van der Waals surface area contributed by atoms with E-state index in [1.807, 2.05) is 25.1 Å². The van der Waals surface area contributed by atoms with Gasteiger partial charge in [0, 0.05) is 19.2 Å². The average Bonchev–Trinajstić information content (AvgIpc) is 2.79. The van der Waals surface area contributed by atoms with E-state index in [-0.39, 0.29) is 35.3 Å². The standard InChI is InChI=1S/C25H31NO6S/c1-17-15-19(25(2,3)4)5-7-21(17)32-24(27)18-9-11-26(12-10-18)33(28,29)20-6-8-22-23(16-20)31-14-13-30-22/h5-8,15-16,18H,9-14H2,1-4H3. The van der Waals surface area contributed by atoms with Crippen molar-refractivity contribution in [2.45, 2.75) is 50.8 Å². The lowest BCUT2D eigenvalue weighted by Crippen LogP contribution is -2.41. The second kappa shape index (κ2) is 8.99. The molecule has 178 valence electrons. The molecule has 0 saturated carbocycles. The number of piperidine rings is 1. The predicted octanol–water partition coefficient (Wildman–Crippen LogP) is 4.07. The molecule has 2 aromatic rings. The van der Waals surface area contributed by atoms with Gasteiger partial charge in [0.1, 0.15) is 19.0 Å². The fourth-order valence-electron chi connectivity index (χ4n) is 4.09. The molecule has 0 spiro atoms. The van der Waals surface area contributed by atoms with Crippen LogP contribution < -0.4 is 14.2 Å².